The fraction of sp³-hybridized carbons (Fsp3) is 0.185. The number of amides is 2. The Morgan fingerprint density at radius 3 is 2.28 bits per heavy atom. The lowest BCUT2D eigenvalue weighted by atomic mass is 9.97. The van der Waals surface area contributed by atoms with Crippen molar-refractivity contribution in [2.75, 3.05) is 11.4 Å². The zero-order valence-corrected chi connectivity index (χ0v) is 19.2. The fourth-order valence-electron chi connectivity index (χ4n) is 4.15. The van der Waals surface area contributed by atoms with E-state index in [4.69, 9.17) is 11.6 Å². The van der Waals surface area contributed by atoms with Gasteiger partial charge in [-0.25, -0.2) is 4.90 Å². The number of hydrogen-bond acceptors (Lipinski definition) is 3. The summed E-state index contributed by atoms with van der Waals surface area (Å²) in [6, 6.07) is 22.8. The van der Waals surface area contributed by atoms with E-state index in [0.717, 1.165) is 22.3 Å². The third-order valence-corrected chi connectivity index (χ3v) is 5.93. The van der Waals surface area contributed by atoms with Crippen molar-refractivity contribution in [3.05, 3.63) is 106 Å². The number of imide groups is 1. The van der Waals surface area contributed by atoms with Gasteiger partial charge in [-0.05, 0) is 55.7 Å². The van der Waals surface area contributed by atoms with Crippen LogP contribution in [0.15, 0.2) is 78.5 Å². The maximum atomic E-state index is 13.7. The van der Waals surface area contributed by atoms with Gasteiger partial charge >= 0.3 is 0 Å². The molecule has 0 bridgehead atoms. The van der Waals surface area contributed by atoms with Crippen LogP contribution in [0.4, 0.5) is 5.69 Å². The van der Waals surface area contributed by atoms with Crippen LogP contribution < -0.4 is 4.90 Å². The van der Waals surface area contributed by atoms with E-state index < -0.39 is 0 Å². The van der Waals surface area contributed by atoms with Crippen LogP contribution in [-0.2, 0) is 16.1 Å². The molecule has 4 nitrogen and oxygen atoms in total. The monoisotopic (exact) mass is 444 g/mol. The number of rotatable bonds is 6. The molecule has 0 radical (unpaired) electrons. The Hall–Kier alpha value is -3.37. The molecule has 0 saturated heterocycles. The molecule has 0 unspecified atom stereocenters. The van der Waals surface area contributed by atoms with E-state index in [9.17, 15) is 9.59 Å². The first-order valence-corrected chi connectivity index (χ1v) is 11.0. The molecule has 162 valence electrons. The summed E-state index contributed by atoms with van der Waals surface area (Å²) < 4.78 is 0. The van der Waals surface area contributed by atoms with Gasteiger partial charge in [-0.2, -0.15) is 0 Å². The number of nitrogens with zero attached hydrogens (tertiary/aromatic N) is 2. The molecule has 1 aliphatic rings. The van der Waals surface area contributed by atoms with Crippen molar-refractivity contribution in [1.82, 2.24) is 4.90 Å². The SMILES string of the molecule is CCN(Cc1ccccc1)C1=C(c2ccc(C)cc2C)C(=O)N(c2cccc(Cl)c2)C1=O. The molecule has 0 saturated carbocycles. The van der Waals surface area contributed by atoms with Crippen molar-refractivity contribution in [3.8, 4) is 0 Å². The average molecular weight is 445 g/mol. The lowest BCUT2D eigenvalue weighted by Gasteiger charge is -2.25. The van der Waals surface area contributed by atoms with Crippen LogP contribution in [0.2, 0.25) is 5.02 Å². The number of benzene rings is 3. The van der Waals surface area contributed by atoms with Gasteiger partial charge in [0.05, 0.1) is 11.3 Å². The summed E-state index contributed by atoms with van der Waals surface area (Å²) in [5, 5.41) is 0.473. The van der Waals surface area contributed by atoms with E-state index in [0.29, 0.717) is 35.1 Å². The molecular formula is C27H25ClN2O2. The maximum absolute atomic E-state index is 13.7. The Morgan fingerprint density at radius 2 is 1.62 bits per heavy atom. The van der Waals surface area contributed by atoms with Gasteiger partial charge in [0.2, 0.25) is 0 Å². The average Bonchev–Trinajstić information content (AvgIpc) is 3.03. The maximum Gasteiger partial charge on any atom is 0.282 e. The standard InChI is InChI=1S/C27H25ClN2O2/c1-4-29(17-20-9-6-5-7-10-20)25-24(23-14-13-18(2)15-19(23)3)26(31)30(27(25)32)22-12-8-11-21(28)16-22/h5-16H,4,17H2,1-3H3. The minimum Gasteiger partial charge on any atom is -0.362 e. The van der Waals surface area contributed by atoms with Crippen LogP contribution in [0.25, 0.3) is 5.57 Å². The number of anilines is 1. The zero-order valence-electron chi connectivity index (χ0n) is 18.4. The van der Waals surface area contributed by atoms with Crippen LogP contribution in [0.3, 0.4) is 0 Å². The van der Waals surface area contributed by atoms with Gasteiger partial charge in [0.15, 0.2) is 0 Å². The van der Waals surface area contributed by atoms with Crippen LogP contribution in [0, 0.1) is 13.8 Å². The molecule has 32 heavy (non-hydrogen) atoms. The largest absolute Gasteiger partial charge is 0.362 e. The highest BCUT2D eigenvalue weighted by Gasteiger charge is 2.42. The van der Waals surface area contributed by atoms with Gasteiger partial charge in [0.25, 0.3) is 11.8 Å². The Bertz CT molecular complexity index is 1220. The Labute approximate surface area is 193 Å². The van der Waals surface area contributed by atoms with E-state index in [1.165, 1.54) is 4.90 Å². The number of carbonyl (C=O) groups excluding carboxylic acids is 2. The second kappa shape index (κ2) is 9.01. The first-order chi connectivity index (χ1) is 15.4. The van der Waals surface area contributed by atoms with Crippen molar-refractivity contribution in [2.45, 2.75) is 27.3 Å². The van der Waals surface area contributed by atoms with E-state index in [1.807, 2.05) is 74.2 Å². The topological polar surface area (TPSA) is 40.6 Å². The zero-order chi connectivity index (χ0) is 22.8. The van der Waals surface area contributed by atoms with Crippen LogP contribution >= 0.6 is 11.6 Å². The Morgan fingerprint density at radius 1 is 0.875 bits per heavy atom. The number of aryl methyl sites for hydroxylation is 2. The summed E-state index contributed by atoms with van der Waals surface area (Å²) in [5.74, 6) is -0.657. The summed E-state index contributed by atoms with van der Waals surface area (Å²) >= 11 is 6.17. The summed E-state index contributed by atoms with van der Waals surface area (Å²) in [6.07, 6.45) is 0. The molecule has 3 aromatic carbocycles. The van der Waals surface area contributed by atoms with Crippen molar-refractivity contribution in [3.63, 3.8) is 0 Å². The summed E-state index contributed by atoms with van der Waals surface area (Å²) in [6.45, 7) is 7.10. The molecule has 0 fully saturated rings. The second-order valence-corrected chi connectivity index (χ2v) is 8.40. The Kier molecular flexibility index (Phi) is 6.15. The summed E-state index contributed by atoms with van der Waals surface area (Å²) in [7, 11) is 0. The second-order valence-electron chi connectivity index (χ2n) is 7.97. The Balaban J connectivity index is 1.87. The quantitative estimate of drug-likeness (QED) is 0.453. The molecule has 2 amide bonds. The smallest absolute Gasteiger partial charge is 0.282 e. The normalized spacial score (nSPS) is 13.8. The van der Waals surface area contributed by atoms with Gasteiger partial charge in [-0.1, -0.05) is 71.8 Å². The third-order valence-electron chi connectivity index (χ3n) is 5.69. The third kappa shape index (κ3) is 4.06. The van der Waals surface area contributed by atoms with Crippen molar-refractivity contribution in [1.29, 1.82) is 0 Å². The first-order valence-electron chi connectivity index (χ1n) is 10.7. The minimum absolute atomic E-state index is 0.328. The number of carbonyl (C=O) groups is 2. The molecule has 1 aliphatic heterocycles. The highest BCUT2D eigenvalue weighted by atomic mass is 35.5. The predicted octanol–water partition coefficient (Wildman–Crippen LogP) is 5.76. The van der Waals surface area contributed by atoms with Gasteiger partial charge in [-0.15, -0.1) is 0 Å². The van der Waals surface area contributed by atoms with Crippen molar-refractivity contribution >= 4 is 34.7 Å². The number of hydrogen-bond donors (Lipinski definition) is 0. The molecule has 0 spiro atoms. The van der Waals surface area contributed by atoms with Gasteiger partial charge in [-0.3, -0.25) is 9.59 Å². The minimum atomic E-state index is -0.329. The molecule has 4 rings (SSSR count). The molecule has 1 heterocycles. The molecular weight excluding hydrogens is 420 g/mol. The molecule has 3 aromatic rings. The van der Waals surface area contributed by atoms with E-state index in [1.54, 1.807) is 24.3 Å². The van der Waals surface area contributed by atoms with E-state index in [2.05, 4.69) is 0 Å². The highest BCUT2D eigenvalue weighted by molar-refractivity contribution is 6.45. The van der Waals surface area contributed by atoms with E-state index >= 15 is 0 Å². The number of halogens is 1. The van der Waals surface area contributed by atoms with Gasteiger partial charge in [0.1, 0.15) is 5.70 Å². The molecule has 0 atom stereocenters. The molecule has 0 aromatic heterocycles. The van der Waals surface area contributed by atoms with Gasteiger partial charge < -0.3 is 4.90 Å². The molecule has 0 N–H and O–H groups in total. The lowest BCUT2D eigenvalue weighted by Crippen LogP contribution is -2.35. The van der Waals surface area contributed by atoms with Crippen molar-refractivity contribution < 1.29 is 9.59 Å². The molecule has 5 heteroatoms. The van der Waals surface area contributed by atoms with Crippen molar-refractivity contribution in [2.24, 2.45) is 0 Å². The van der Waals surface area contributed by atoms with Crippen LogP contribution in [-0.4, -0.2) is 23.3 Å². The highest BCUT2D eigenvalue weighted by Crippen LogP contribution is 2.37. The first kappa shape index (κ1) is 21.8. The van der Waals surface area contributed by atoms with Gasteiger partial charge in [0, 0.05) is 18.1 Å². The predicted molar refractivity (Wildman–Crippen MR) is 129 cm³/mol. The van der Waals surface area contributed by atoms with Crippen LogP contribution in [0.5, 0.6) is 0 Å². The summed E-state index contributed by atoms with van der Waals surface area (Å²) in [5.41, 5.74) is 5.25. The van der Waals surface area contributed by atoms with Crippen LogP contribution in [0.1, 0.15) is 29.2 Å². The molecule has 0 aliphatic carbocycles. The lowest BCUT2D eigenvalue weighted by molar-refractivity contribution is -0.120. The fourth-order valence-corrected chi connectivity index (χ4v) is 4.34. The summed E-state index contributed by atoms with van der Waals surface area (Å²) in [4.78, 5) is 30.7. The number of likely N-dealkylation sites (N-methyl/N-ethyl adjacent to an activating group) is 1. The van der Waals surface area contributed by atoms with E-state index in [-0.39, 0.29) is 11.8 Å².